The largest absolute Gasteiger partial charge is 0.483 e. The number of halogens is 2. The fraction of sp³-hybridized carbons (Fsp3) is 0.250. The molecule has 1 N–H and O–H groups in total. The maximum absolute atomic E-state index is 6.18. The highest BCUT2D eigenvalue weighted by atomic mass is 35.5. The van der Waals surface area contributed by atoms with Crippen LogP contribution in [0.3, 0.4) is 0 Å². The lowest BCUT2D eigenvalue weighted by Gasteiger charge is -2.21. The van der Waals surface area contributed by atoms with Gasteiger partial charge in [-0.3, -0.25) is 0 Å². The summed E-state index contributed by atoms with van der Waals surface area (Å²) in [7, 11) is 0. The second kappa shape index (κ2) is 7.53. The van der Waals surface area contributed by atoms with Gasteiger partial charge in [0.25, 0.3) is 0 Å². The van der Waals surface area contributed by atoms with Crippen LogP contribution in [0.4, 0.5) is 0 Å². The molecule has 20 heavy (non-hydrogen) atoms. The lowest BCUT2D eigenvalue weighted by atomic mass is 10.1. The Morgan fingerprint density at radius 3 is 2.50 bits per heavy atom. The van der Waals surface area contributed by atoms with E-state index in [0.717, 1.165) is 12.1 Å². The Kier molecular flexibility index (Phi) is 5.72. The minimum atomic E-state index is -0.105. The molecule has 0 aliphatic carbocycles. The van der Waals surface area contributed by atoms with Gasteiger partial charge in [0.1, 0.15) is 16.9 Å². The van der Waals surface area contributed by atoms with Crippen LogP contribution in [0.15, 0.2) is 48.5 Å². The van der Waals surface area contributed by atoms with Crippen molar-refractivity contribution in [3.8, 4) is 5.75 Å². The van der Waals surface area contributed by atoms with Crippen LogP contribution in [0, 0.1) is 0 Å². The van der Waals surface area contributed by atoms with Crippen molar-refractivity contribution in [2.24, 2.45) is 0 Å². The SMILES string of the molecule is CCNCC(Oc1cccc(Cl)c1Cl)c1ccccc1. The van der Waals surface area contributed by atoms with E-state index in [2.05, 4.69) is 12.2 Å². The van der Waals surface area contributed by atoms with Crippen LogP contribution in [0.25, 0.3) is 0 Å². The fourth-order valence-electron chi connectivity index (χ4n) is 1.90. The molecule has 0 fully saturated rings. The van der Waals surface area contributed by atoms with E-state index < -0.39 is 0 Å². The molecule has 0 aliphatic rings. The molecule has 4 heteroatoms. The molecule has 0 aliphatic heterocycles. The van der Waals surface area contributed by atoms with E-state index in [0.29, 0.717) is 22.3 Å². The monoisotopic (exact) mass is 309 g/mol. The zero-order valence-electron chi connectivity index (χ0n) is 11.3. The summed E-state index contributed by atoms with van der Waals surface area (Å²) in [6.07, 6.45) is -0.105. The first-order valence-corrected chi connectivity index (χ1v) is 7.34. The quantitative estimate of drug-likeness (QED) is 0.833. The van der Waals surface area contributed by atoms with Gasteiger partial charge in [-0.1, -0.05) is 66.5 Å². The van der Waals surface area contributed by atoms with Crippen molar-refractivity contribution >= 4 is 23.2 Å². The minimum absolute atomic E-state index is 0.105. The van der Waals surface area contributed by atoms with Gasteiger partial charge >= 0.3 is 0 Å². The van der Waals surface area contributed by atoms with Crippen LogP contribution in [0.5, 0.6) is 5.75 Å². The summed E-state index contributed by atoms with van der Waals surface area (Å²) in [4.78, 5) is 0. The van der Waals surface area contributed by atoms with Gasteiger partial charge in [0.15, 0.2) is 0 Å². The number of ether oxygens (including phenoxy) is 1. The average molecular weight is 310 g/mol. The van der Waals surface area contributed by atoms with Crippen LogP contribution >= 0.6 is 23.2 Å². The molecule has 2 aromatic rings. The van der Waals surface area contributed by atoms with E-state index >= 15 is 0 Å². The van der Waals surface area contributed by atoms with Gasteiger partial charge in [-0.25, -0.2) is 0 Å². The Morgan fingerprint density at radius 1 is 1.05 bits per heavy atom. The standard InChI is InChI=1S/C16H17Cl2NO/c1-2-19-11-15(12-7-4-3-5-8-12)20-14-10-6-9-13(17)16(14)18/h3-10,15,19H,2,11H2,1H3. The molecular formula is C16H17Cl2NO. The Morgan fingerprint density at radius 2 is 1.80 bits per heavy atom. The van der Waals surface area contributed by atoms with Gasteiger partial charge in [0.05, 0.1) is 5.02 Å². The van der Waals surface area contributed by atoms with Crippen LogP contribution < -0.4 is 10.1 Å². The third-order valence-corrected chi connectivity index (χ3v) is 3.74. The van der Waals surface area contributed by atoms with Gasteiger partial charge < -0.3 is 10.1 Å². The smallest absolute Gasteiger partial charge is 0.140 e. The minimum Gasteiger partial charge on any atom is -0.483 e. The van der Waals surface area contributed by atoms with Gasteiger partial charge in [-0.2, -0.15) is 0 Å². The molecule has 0 saturated carbocycles. The van der Waals surface area contributed by atoms with E-state index in [1.807, 2.05) is 42.5 Å². The summed E-state index contributed by atoms with van der Waals surface area (Å²) >= 11 is 12.2. The zero-order valence-corrected chi connectivity index (χ0v) is 12.8. The number of rotatable bonds is 6. The molecule has 0 spiro atoms. The molecule has 2 nitrogen and oxygen atoms in total. The predicted octanol–water partition coefficient (Wildman–Crippen LogP) is 4.72. The number of benzene rings is 2. The first-order valence-electron chi connectivity index (χ1n) is 6.58. The maximum atomic E-state index is 6.18. The molecule has 1 atom stereocenters. The molecule has 0 amide bonds. The molecule has 0 aromatic heterocycles. The van der Waals surface area contributed by atoms with Crippen molar-refractivity contribution < 1.29 is 4.74 Å². The predicted molar refractivity (Wildman–Crippen MR) is 84.8 cm³/mol. The highest BCUT2D eigenvalue weighted by Gasteiger charge is 2.15. The maximum Gasteiger partial charge on any atom is 0.140 e. The van der Waals surface area contributed by atoms with Crippen LogP contribution in [0.2, 0.25) is 10.0 Å². The highest BCUT2D eigenvalue weighted by molar-refractivity contribution is 6.42. The molecule has 0 bridgehead atoms. The molecule has 2 rings (SSSR count). The molecule has 0 radical (unpaired) electrons. The summed E-state index contributed by atoms with van der Waals surface area (Å²) in [5, 5.41) is 4.25. The zero-order chi connectivity index (χ0) is 14.4. The van der Waals surface area contributed by atoms with E-state index in [1.165, 1.54) is 0 Å². The summed E-state index contributed by atoms with van der Waals surface area (Å²) in [5.74, 6) is 0.603. The van der Waals surface area contributed by atoms with E-state index in [-0.39, 0.29) is 6.10 Å². The molecular weight excluding hydrogens is 293 g/mol. The van der Waals surface area contributed by atoms with Crippen LogP contribution in [-0.2, 0) is 0 Å². The van der Waals surface area contributed by atoms with Gasteiger partial charge in [-0.05, 0) is 24.2 Å². The fourth-order valence-corrected chi connectivity index (χ4v) is 2.24. The molecule has 106 valence electrons. The van der Waals surface area contributed by atoms with Gasteiger partial charge in [-0.15, -0.1) is 0 Å². The van der Waals surface area contributed by atoms with Gasteiger partial charge in [0.2, 0.25) is 0 Å². The number of hydrogen-bond donors (Lipinski definition) is 1. The Labute approximate surface area is 129 Å². The van der Waals surface area contributed by atoms with E-state index in [9.17, 15) is 0 Å². The number of likely N-dealkylation sites (N-methyl/N-ethyl adjacent to an activating group) is 1. The van der Waals surface area contributed by atoms with Gasteiger partial charge in [0, 0.05) is 6.54 Å². The third kappa shape index (κ3) is 3.89. The summed E-state index contributed by atoms with van der Waals surface area (Å²) in [5.41, 5.74) is 1.10. The first-order chi connectivity index (χ1) is 9.72. The second-order valence-electron chi connectivity index (χ2n) is 4.38. The summed E-state index contributed by atoms with van der Waals surface area (Å²) in [6.45, 7) is 3.66. The van der Waals surface area contributed by atoms with Crippen molar-refractivity contribution in [1.29, 1.82) is 0 Å². The summed E-state index contributed by atoms with van der Waals surface area (Å²) < 4.78 is 6.04. The molecule has 2 aromatic carbocycles. The summed E-state index contributed by atoms with van der Waals surface area (Å²) in [6, 6.07) is 15.5. The number of hydrogen-bond acceptors (Lipinski definition) is 2. The normalized spacial score (nSPS) is 12.2. The Hall–Kier alpha value is -1.22. The van der Waals surface area contributed by atoms with Crippen LogP contribution in [0.1, 0.15) is 18.6 Å². The average Bonchev–Trinajstić information content (AvgIpc) is 2.48. The second-order valence-corrected chi connectivity index (χ2v) is 5.16. The molecule has 0 saturated heterocycles. The van der Waals surface area contributed by atoms with Crippen molar-refractivity contribution in [2.45, 2.75) is 13.0 Å². The topological polar surface area (TPSA) is 21.3 Å². The van der Waals surface area contributed by atoms with Crippen molar-refractivity contribution in [3.05, 3.63) is 64.1 Å². The Balaban J connectivity index is 2.21. The van der Waals surface area contributed by atoms with Crippen molar-refractivity contribution in [3.63, 3.8) is 0 Å². The highest BCUT2D eigenvalue weighted by Crippen LogP contribution is 2.34. The lowest BCUT2D eigenvalue weighted by Crippen LogP contribution is -2.25. The first kappa shape index (κ1) is 15.2. The van der Waals surface area contributed by atoms with Crippen molar-refractivity contribution in [2.75, 3.05) is 13.1 Å². The lowest BCUT2D eigenvalue weighted by molar-refractivity contribution is 0.203. The Bertz CT molecular complexity index is 545. The van der Waals surface area contributed by atoms with E-state index in [1.54, 1.807) is 6.07 Å². The molecule has 0 heterocycles. The molecule has 1 unspecified atom stereocenters. The third-order valence-electron chi connectivity index (χ3n) is 2.94. The van der Waals surface area contributed by atoms with Crippen LogP contribution in [-0.4, -0.2) is 13.1 Å². The van der Waals surface area contributed by atoms with E-state index in [4.69, 9.17) is 27.9 Å². The van der Waals surface area contributed by atoms with Crippen molar-refractivity contribution in [1.82, 2.24) is 5.32 Å². The number of nitrogens with one attached hydrogen (secondary N) is 1.